The van der Waals surface area contributed by atoms with Crippen LogP contribution in [0.15, 0.2) is 57.9 Å². The van der Waals surface area contributed by atoms with E-state index in [-0.39, 0.29) is 17.1 Å². The van der Waals surface area contributed by atoms with Gasteiger partial charge in [-0.25, -0.2) is 0 Å². The average Bonchev–Trinajstić information content (AvgIpc) is 3.31. The lowest BCUT2D eigenvalue weighted by molar-refractivity contribution is -0.385. The molecule has 4 rings (SSSR count). The second-order valence-corrected chi connectivity index (χ2v) is 8.78. The molecule has 3 aromatic rings. The van der Waals surface area contributed by atoms with E-state index in [0.717, 1.165) is 16.7 Å². The first kappa shape index (κ1) is 22.1. The van der Waals surface area contributed by atoms with Crippen molar-refractivity contribution >= 4 is 57.9 Å². The maximum Gasteiger partial charge on any atom is 0.293 e. The second kappa shape index (κ2) is 8.82. The van der Waals surface area contributed by atoms with Crippen molar-refractivity contribution in [2.45, 2.75) is 13.5 Å². The Morgan fingerprint density at radius 2 is 1.88 bits per heavy atom. The van der Waals surface area contributed by atoms with Crippen LogP contribution in [-0.4, -0.2) is 21.0 Å². The van der Waals surface area contributed by atoms with Gasteiger partial charge in [0.15, 0.2) is 0 Å². The number of rotatable bonds is 5. The molecule has 32 heavy (non-hydrogen) atoms. The second-order valence-electron chi connectivity index (χ2n) is 6.98. The van der Waals surface area contributed by atoms with Crippen molar-refractivity contribution in [3.63, 3.8) is 0 Å². The third-order valence-corrected chi connectivity index (χ3v) is 6.42. The van der Waals surface area contributed by atoms with Crippen molar-refractivity contribution in [2.24, 2.45) is 0 Å². The van der Waals surface area contributed by atoms with Gasteiger partial charge in [0, 0.05) is 23.3 Å². The van der Waals surface area contributed by atoms with Crippen LogP contribution in [0.25, 0.3) is 17.4 Å². The number of furan rings is 1. The molecule has 0 radical (unpaired) electrons. The number of thioether (sulfide) groups is 1. The Labute approximate surface area is 196 Å². The predicted molar refractivity (Wildman–Crippen MR) is 124 cm³/mol. The van der Waals surface area contributed by atoms with E-state index in [2.05, 4.69) is 0 Å². The van der Waals surface area contributed by atoms with Crippen molar-refractivity contribution in [1.82, 2.24) is 4.90 Å². The van der Waals surface area contributed by atoms with Crippen molar-refractivity contribution in [1.29, 1.82) is 0 Å². The summed E-state index contributed by atoms with van der Waals surface area (Å²) < 4.78 is 5.78. The molecule has 2 aromatic carbocycles. The summed E-state index contributed by atoms with van der Waals surface area (Å²) in [6.07, 6.45) is 1.50. The zero-order chi connectivity index (χ0) is 23.0. The van der Waals surface area contributed by atoms with Gasteiger partial charge in [-0.2, -0.15) is 0 Å². The van der Waals surface area contributed by atoms with Gasteiger partial charge < -0.3 is 4.42 Å². The van der Waals surface area contributed by atoms with Crippen LogP contribution in [-0.2, 0) is 11.3 Å². The molecule has 0 aliphatic carbocycles. The number of hydrogen-bond donors (Lipinski definition) is 0. The first-order valence-electron chi connectivity index (χ1n) is 9.27. The number of amides is 2. The molecule has 1 saturated heterocycles. The van der Waals surface area contributed by atoms with Crippen molar-refractivity contribution in [3.8, 4) is 11.3 Å². The van der Waals surface area contributed by atoms with Crippen molar-refractivity contribution < 1.29 is 18.9 Å². The van der Waals surface area contributed by atoms with Gasteiger partial charge in [-0.1, -0.05) is 29.3 Å². The lowest BCUT2D eigenvalue weighted by atomic mass is 10.1. The fraction of sp³-hybridized carbons (Fsp3) is 0.0909. The van der Waals surface area contributed by atoms with E-state index in [1.54, 1.807) is 49.4 Å². The SMILES string of the molecule is Cc1cc(-c2ccc(/C=C3\SC(=O)N(Cc4ccc(Cl)c(Cl)c4)C3=O)o2)ccc1[N+](=O)[O-]. The topological polar surface area (TPSA) is 93.7 Å². The molecular formula is C22H14Cl2N2O5S. The van der Waals surface area contributed by atoms with Gasteiger partial charge >= 0.3 is 0 Å². The monoisotopic (exact) mass is 488 g/mol. The van der Waals surface area contributed by atoms with Crippen molar-refractivity contribution in [2.75, 3.05) is 0 Å². The molecule has 1 aromatic heterocycles. The van der Waals surface area contributed by atoms with Crippen LogP contribution >= 0.6 is 35.0 Å². The number of benzene rings is 2. The fourth-order valence-corrected chi connectivity index (χ4v) is 4.32. The first-order valence-corrected chi connectivity index (χ1v) is 10.8. The summed E-state index contributed by atoms with van der Waals surface area (Å²) in [5.74, 6) is 0.440. The summed E-state index contributed by atoms with van der Waals surface area (Å²) in [7, 11) is 0. The molecule has 2 heterocycles. The zero-order valence-electron chi connectivity index (χ0n) is 16.5. The Kier molecular flexibility index (Phi) is 6.10. The maximum atomic E-state index is 12.8. The quantitative estimate of drug-likeness (QED) is 0.225. The Morgan fingerprint density at radius 3 is 2.56 bits per heavy atom. The molecule has 1 fully saturated rings. The first-order chi connectivity index (χ1) is 15.2. The Bertz CT molecular complexity index is 1300. The number of halogens is 2. The molecule has 10 heteroatoms. The van der Waals surface area contributed by atoms with Gasteiger partial charge in [-0.3, -0.25) is 24.6 Å². The van der Waals surface area contributed by atoms with Gasteiger partial charge in [-0.15, -0.1) is 0 Å². The minimum atomic E-state index is -0.444. The molecule has 0 saturated carbocycles. The van der Waals surface area contributed by atoms with Gasteiger partial charge in [0.05, 0.1) is 26.4 Å². The largest absolute Gasteiger partial charge is 0.457 e. The molecule has 2 amide bonds. The Hall–Kier alpha value is -3.07. The summed E-state index contributed by atoms with van der Waals surface area (Å²) in [5.41, 5.74) is 1.88. The van der Waals surface area contributed by atoms with Crippen LogP contribution in [0.1, 0.15) is 16.9 Å². The summed E-state index contributed by atoms with van der Waals surface area (Å²) in [6, 6.07) is 13.0. The summed E-state index contributed by atoms with van der Waals surface area (Å²) in [4.78, 5) is 37.0. The number of nitro groups is 1. The van der Waals surface area contributed by atoms with Crippen LogP contribution in [0.3, 0.4) is 0 Å². The molecule has 0 N–H and O–H groups in total. The normalized spacial score (nSPS) is 15.1. The molecule has 0 atom stereocenters. The molecular weight excluding hydrogens is 475 g/mol. The van der Waals surface area contributed by atoms with E-state index >= 15 is 0 Å². The highest BCUT2D eigenvalue weighted by atomic mass is 35.5. The molecule has 0 spiro atoms. The minimum absolute atomic E-state index is 0.0242. The number of imide groups is 1. The number of carbonyl (C=O) groups excluding carboxylic acids is 2. The van der Waals surface area contributed by atoms with E-state index in [1.165, 1.54) is 12.1 Å². The van der Waals surface area contributed by atoms with Crippen LogP contribution in [0.4, 0.5) is 10.5 Å². The number of nitrogens with zero attached hydrogens (tertiary/aromatic N) is 2. The summed E-state index contributed by atoms with van der Waals surface area (Å²) >= 11 is 12.7. The number of nitro benzene ring substituents is 1. The highest BCUT2D eigenvalue weighted by Gasteiger charge is 2.35. The van der Waals surface area contributed by atoms with Crippen LogP contribution in [0.2, 0.25) is 10.0 Å². The lowest BCUT2D eigenvalue weighted by Crippen LogP contribution is -2.27. The van der Waals surface area contributed by atoms with Crippen LogP contribution in [0, 0.1) is 17.0 Å². The summed E-state index contributed by atoms with van der Waals surface area (Å²) in [6.45, 7) is 1.72. The fourth-order valence-electron chi connectivity index (χ4n) is 3.19. The maximum absolute atomic E-state index is 12.8. The van der Waals surface area contributed by atoms with Gasteiger partial charge in [0.1, 0.15) is 11.5 Å². The molecule has 1 aliphatic rings. The molecule has 0 bridgehead atoms. The molecule has 1 aliphatic heterocycles. The summed E-state index contributed by atoms with van der Waals surface area (Å²) in [5, 5.41) is 11.3. The minimum Gasteiger partial charge on any atom is -0.457 e. The van der Waals surface area contributed by atoms with E-state index in [4.69, 9.17) is 27.6 Å². The molecule has 7 nitrogen and oxygen atoms in total. The van der Waals surface area contributed by atoms with Gasteiger partial charge in [0.25, 0.3) is 16.8 Å². The van der Waals surface area contributed by atoms with Crippen LogP contribution < -0.4 is 0 Å². The number of aryl methyl sites for hydroxylation is 1. The van der Waals surface area contributed by atoms with Gasteiger partial charge in [0.2, 0.25) is 0 Å². The van der Waals surface area contributed by atoms with Crippen LogP contribution in [0.5, 0.6) is 0 Å². The van der Waals surface area contributed by atoms with E-state index < -0.39 is 16.1 Å². The highest BCUT2D eigenvalue weighted by molar-refractivity contribution is 8.18. The lowest BCUT2D eigenvalue weighted by Gasteiger charge is -2.12. The third kappa shape index (κ3) is 4.43. The number of carbonyl (C=O) groups is 2. The Morgan fingerprint density at radius 1 is 1.09 bits per heavy atom. The average molecular weight is 489 g/mol. The predicted octanol–water partition coefficient (Wildman–Crippen LogP) is 6.71. The number of hydrogen-bond acceptors (Lipinski definition) is 6. The van der Waals surface area contributed by atoms with Gasteiger partial charge in [-0.05, 0) is 60.6 Å². The smallest absolute Gasteiger partial charge is 0.293 e. The Balaban J connectivity index is 1.53. The van der Waals surface area contributed by atoms with E-state index in [1.807, 2.05) is 0 Å². The molecule has 0 unspecified atom stereocenters. The highest BCUT2D eigenvalue weighted by Crippen LogP contribution is 2.35. The van der Waals surface area contributed by atoms with Crippen molar-refractivity contribution in [3.05, 3.63) is 90.5 Å². The zero-order valence-corrected chi connectivity index (χ0v) is 18.8. The van der Waals surface area contributed by atoms with E-state index in [9.17, 15) is 19.7 Å². The van der Waals surface area contributed by atoms with E-state index in [0.29, 0.717) is 38.3 Å². The third-order valence-electron chi connectivity index (χ3n) is 4.78. The standard InChI is InChI=1S/C22H14Cl2N2O5S/c1-12-8-14(3-6-18(12)26(29)30)19-7-4-15(31-19)10-20-21(27)25(22(28)32-20)11-13-2-5-16(23)17(24)9-13/h2-10H,11H2,1H3/b20-10-. The molecule has 162 valence electrons.